The monoisotopic (exact) mass is 183 g/mol. The van der Waals surface area contributed by atoms with E-state index < -0.39 is 0 Å². The Balaban J connectivity index is 2.86. The van der Waals surface area contributed by atoms with Gasteiger partial charge >= 0.3 is 0 Å². The van der Waals surface area contributed by atoms with E-state index in [0.29, 0.717) is 0 Å². The number of rotatable bonds is 1. The Labute approximate surface area is 77.2 Å². The summed E-state index contributed by atoms with van der Waals surface area (Å²) < 4.78 is 0. The molecule has 0 bridgehead atoms. The minimum absolute atomic E-state index is 0.756. The fourth-order valence-electron chi connectivity index (χ4n) is 0.769. The molecule has 1 N–H and O–H groups in total. The number of benzene rings is 1. The van der Waals surface area contributed by atoms with Gasteiger partial charge in [0.05, 0.1) is 10.7 Å². The zero-order valence-electron chi connectivity index (χ0n) is 6.16. The van der Waals surface area contributed by atoms with E-state index in [4.69, 9.17) is 12.2 Å². The van der Waals surface area contributed by atoms with Gasteiger partial charge in [-0.15, -0.1) is 12.6 Å². The first-order valence-electron chi connectivity index (χ1n) is 3.26. The molecule has 0 fully saturated rings. The fourth-order valence-corrected chi connectivity index (χ4v) is 1.10. The molecule has 1 rings (SSSR count). The van der Waals surface area contributed by atoms with E-state index in [1.54, 1.807) is 0 Å². The molecule has 3 heteroatoms. The molecule has 0 heterocycles. The van der Waals surface area contributed by atoms with Crippen LogP contribution in [-0.4, -0.2) is 4.99 Å². The molecule has 0 radical (unpaired) electrons. The van der Waals surface area contributed by atoms with Gasteiger partial charge in [0.2, 0.25) is 0 Å². The van der Waals surface area contributed by atoms with Gasteiger partial charge in [-0.1, -0.05) is 24.4 Å². The Morgan fingerprint density at radius 3 is 2.64 bits per heavy atom. The maximum atomic E-state index is 4.89. The second kappa shape index (κ2) is 3.74. The summed E-state index contributed by atoms with van der Waals surface area (Å²) in [5.41, 5.74) is 0.961. The van der Waals surface area contributed by atoms with E-state index >= 15 is 0 Å². The molecule has 11 heavy (non-hydrogen) atoms. The number of hydrogen-bond donors (Lipinski definition) is 2. The van der Waals surface area contributed by atoms with Gasteiger partial charge in [-0.2, -0.15) is 0 Å². The Morgan fingerprint density at radius 2 is 2.09 bits per heavy atom. The van der Waals surface area contributed by atoms with Crippen molar-refractivity contribution in [2.45, 2.75) is 11.8 Å². The van der Waals surface area contributed by atoms with Crippen LogP contribution >= 0.6 is 24.8 Å². The van der Waals surface area contributed by atoms with Crippen LogP contribution in [0.15, 0.2) is 29.2 Å². The van der Waals surface area contributed by atoms with Gasteiger partial charge in [-0.25, -0.2) is 0 Å². The van der Waals surface area contributed by atoms with Crippen molar-refractivity contribution in [1.29, 1.82) is 0 Å². The summed E-state index contributed by atoms with van der Waals surface area (Å²) in [6.07, 6.45) is 0. The van der Waals surface area contributed by atoms with E-state index in [0.717, 1.165) is 15.6 Å². The SMILES string of the molecule is CC(=S)Nc1ccccc1S. The van der Waals surface area contributed by atoms with Crippen LogP contribution in [0, 0.1) is 0 Å². The van der Waals surface area contributed by atoms with Crippen molar-refractivity contribution in [2.24, 2.45) is 0 Å². The summed E-state index contributed by atoms with van der Waals surface area (Å²) in [7, 11) is 0. The molecule has 0 atom stereocenters. The average molecular weight is 183 g/mol. The van der Waals surface area contributed by atoms with Crippen LogP contribution in [0.3, 0.4) is 0 Å². The standard InChI is InChI=1S/C8H9NS2/c1-6(10)9-7-4-2-3-5-8(7)11/h2-5,11H,1H3,(H,9,10). The number of thiol groups is 1. The molecule has 1 aromatic rings. The second-order valence-electron chi connectivity index (χ2n) is 2.20. The zero-order chi connectivity index (χ0) is 8.27. The summed E-state index contributed by atoms with van der Waals surface area (Å²) in [5, 5.41) is 3.03. The maximum absolute atomic E-state index is 4.89. The maximum Gasteiger partial charge on any atom is 0.0766 e. The smallest absolute Gasteiger partial charge is 0.0766 e. The number of para-hydroxylation sites is 1. The average Bonchev–Trinajstić information content (AvgIpc) is 1.93. The molecule has 0 amide bonds. The Morgan fingerprint density at radius 1 is 1.45 bits per heavy atom. The molecule has 0 aromatic heterocycles. The molecule has 0 unspecified atom stereocenters. The van der Waals surface area contributed by atoms with Crippen molar-refractivity contribution in [2.75, 3.05) is 5.32 Å². The number of nitrogens with one attached hydrogen (secondary N) is 1. The summed E-state index contributed by atoms with van der Waals surface area (Å²) in [6.45, 7) is 1.84. The van der Waals surface area contributed by atoms with Crippen molar-refractivity contribution in [3.8, 4) is 0 Å². The van der Waals surface area contributed by atoms with Crippen molar-refractivity contribution < 1.29 is 0 Å². The topological polar surface area (TPSA) is 12.0 Å². The van der Waals surface area contributed by atoms with Crippen molar-refractivity contribution >= 4 is 35.5 Å². The highest BCUT2D eigenvalue weighted by molar-refractivity contribution is 7.81. The lowest BCUT2D eigenvalue weighted by atomic mass is 10.3. The molecule has 0 aliphatic rings. The molecule has 1 nitrogen and oxygen atoms in total. The Bertz CT molecular complexity index is 271. The van der Waals surface area contributed by atoms with Crippen LogP contribution in [0.25, 0.3) is 0 Å². The highest BCUT2D eigenvalue weighted by Crippen LogP contribution is 2.18. The number of thiocarbonyl (C=S) groups is 1. The Hall–Kier alpha value is -0.540. The molecule has 0 aliphatic heterocycles. The molecular weight excluding hydrogens is 174 g/mol. The highest BCUT2D eigenvalue weighted by atomic mass is 32.1. The predicted molar refractivity (Wildman–Crippen MR) is 55.6 cm³/mol. The molecule has 58 valence electrons. The molecular formula is C8H9NS2. The lowest BCUT2D eigenvalue weighted by molar-refractivity contribution is 1.45. The molecule has 0 spiro atoms. The van der Waals surface area contributed by atoms with Crippen LogP contribution in [0.2, 0.25) is 0 Å². The van der Waals surface area contributed by atoms with Gasteiger partial charge in [0.1, 0.15) is 0 Å². The number of anilines is 1. The van der Waals surface area contributed by atoms with E-state index in [2.05, 4.69) is 17.9 Å². The van der Waals surface area contributed by atoms with Gasteiger partial charge in [0, 0.05) is 4.90 Å². The van der Waals surface area contributed by atoms with Crippen molar-refractivity contribution in [1.82, 2.24) is 0 Å². The van der Waals surface area contributed by atoms with E-state index in [1.807, 2.05) is 31.2 Å². The lowest BCUT2D eigenvalue weighted by Gasteiger charge is -2.05. The van der Waals surface area contributed by atoms with E-state index in [9.17, 15) is 0 Å². The zero-order valence-corrected chi connectivity index (χ0v) is 7.88. The summed E-state index contributed by atoms with van der Waals surface area (Å²) >= 11 is 9.14. The first kappa shape index (κ1) is 8.56. The largest absolute Gasteiger partial charge is 0.349 e. The van der Waals surface area contributed by atoms with Gasteiger partial charge in [0.25, 0.3) is 0 Å². The fraction of sp³-hybridized carbons (Fsp3) is 0.125. The molecule has 1 aromatic carbocycles. The second-order valence-corrected chi connectivity index (χ2v) is 3.29. The predicted octanol–water partition coefficient (Wildman–Crippen LogP) is 2.73. The summed E-state index contributed by atoms with van der Waals surface area (Å²) in [4.78, 5) is 1.67. The van der Waals surface area contributed by atoms with Crippen LogP contribution in [0.4, 0.5) is 5.69 Å². The lowest BCUT2D eigenvalue weighted by Crippen LogP contribution is -2.03. The normalized spacial score (nSPS) is 9.27. The summed E-state index contributed by atoms with van der Waals surface area (Å²) in [5.74, 6) is 0. The van der Waals surface area contributed by atoms with Crippen molar-refractivity contribution in [3.63, 3.8) is 0 Å². The third kappa shape index (κ3) is 2.52. The molecule has 0 saturated carbocycles. The first-order chi connectivity index (χ1) is 5.20. The number of hydrogen-bond acceptors (Lipinski definition) is 2. The van der Waals surface area contributed by atoms with Gasteiger partial charge in [0.15, 0.2) is 0 Å². The highest BCUT2D eigenvalue weighted by Gasteiger charge is 1.95. The minimum Gasteiger partial charge on any atom is -0.349 e. The van der Waals surface area contributed by atoms with Gasteiger partial charge < -0.3 is 5.32 Å². The third-order valence-electron chi connectivity index (χ3n) is 1.21. The molecule has 0 saturated heterocycles. The van der Waals surface area contributed by atoms with Crippen molar-refractivity contribution in [3.05, 3.63) is 24.3 Å². The van der Waals surface area contributed by atoms with Crippen LogP contribution in [-0.2, 0) is 0 Å². The van der Waals surface area contributed by atoms with E-state index in [-0.39, 0.29) is 0 Å². The minimum atomic E-state index is 0.756. The van der Waals surface area contributed by atoms with Crippen LogP contribution < -0.4 is 5.32 Å². The Kier molecular flexibility index (Phi) is 2.91. The van der Waals surface area contributed by atoms with E-state index in [1.165, 1.54) is 0 Å². The van der Waals surface area contributed by atoms with Crippen LogP contribution in [0.5, 0.6) is 0 Å². The quantitative estimate of drug-likeness (QED) is 0.513. The molecule has 0 aliphatic carbocycles. The third-order valence-corrected chi connectivity index (χ3v) is 1.71. The van der Waals surface area contributed by atoms with Gasteiger partial charge in [-0.3, -0.25) is 0 Å². The van der Waals surface area contributed by atoms with Gasteiger partial charge in [-0.05, 0) is 19.1 Å². The van der Waals surface area contributed by atoms with Crippen LogP contribution in [0.1, 0.15) is 6.92 Å². The first-order valence-corrected chi connectivity index (χ1v) is 4.11. The summed E-state index contributed by atoms with van der Waals surface area (Å²) in [6, 6.07) is 7.74.